The Bertz CT molecular complexity index is 1230. The van der Waals surface area contributed by atoms with Crippen LogP contribution in [0.1, 0.15) is 23.0 Å². The first kappa shape index (κ1) is 20.0. The lowest BCUT2D eigenvalue weighted by atomic mass is 10.1. The second-order valence-corrected chi connectivity index (χ2v) is 8.90. The van der Waals surface area contributed by atoms with E-state index in [0.29, 0.717) is 26.6 Å². The molecule has 0 radical (unpaired) electrons. The van der Waals surface area contributed by atoms with Crippen molar-refractivity contribution in [2.45, 2.75) is 24.3 Å². The third kappa shape index (κ3) is 3.68. The molecule has 0 aliphatic rings. The van der Waals surface area contributed by atoms with Gasteiger partial charge in [-0.2, -0.15) is 0 Å². The van der Waals surface area contributed by atoms with Gasteiger partial charge in [0, 0.05) is 39.8 Å². The smallest absolute Gasteiger partial charge is 0.209 e. The monoisotopic (exact) mass is 444 g/mol. The maximum absolute atomic E-state index is 13.2. The average Bonchev–Trinajstić information content (AvgIpc) is 3.25. The van der Waals surface area contributed by atoms with E-state index >= 15 is 0 Å². The quantitative estimate of drug-likeness (QED) is 0.305. The first-order valence-corrected chi connectivity index (χ1v) is 10.6. The maximum Gasteiger partial charge on any atom is 0.209 e. The van der Waals surface area contributed by atoms with E-state index in [1.807, 2.05) is 49.7 Å². The van der Waals surface area contributed by atoms with Crippen LogP contribution in [-0.4, -0.2) is 30.8 Å². The molecule has 2 aromatic heterocycles. The Labute approximate surface area is 182 Å². The van der Waals surface area contributed by atoms with Crippen LogP contribution in [0.15, 0.2) is 47.6 Å². The Kier molecular flexibility index (Phi) is 5.42. The Balaban J connectivity index is 1.59. The van der Waals surface area contributed by atoms with E-state index in [1.165, 1.54) is 11.8 Å². The Morgan fingerprint density at radius 3 is 2.72 bits per heavy atom. The zero-order chi connectivity index (χ0) is 20.7. The molecule has 148 valence electrons. The summed E-state index contributed by atoms with van der Waals surface area (Å²) in [5, 5.41) is 9.28. The van der Waals surface area contributed by atoms with Gasteiger partial charge in [0.15, 0.2) is 11.6 Å². The summed E-state index contributed by atoms with van der Waals surface area (Å²) in [4.78, 5) is 17.7. The number of aryl methyl sites for hydroxylation is 1. The lowest BCUT2D eigenvalue weighted by Gasteiger charge is -2.08. The van der Waals surface area contributed by atoms with Gasteiger partial charge in [0.05, 0.1) is 10.3 Å². The van der Waals surface area contributed by atoms with Gasteiger partial charge in [-0.05, 0) is 38.1 Å². The number of Topliss-reactive ketones (excluding diaryl/α,β-unsaturated/α-hetero) is 1. The molecule has 1 unspecified atom stereocenters. The molecule has 1 atom stereocenters. The summed E-state index contributed by atoms with van der Waals surface area (Å²) in [6.07, 6.45) is 0. The van der Waals surface area contributed by atoms with Gasteiger partial charge in [-0.15, -0.1) is 5.10 Å². The van der Waals surface area contributed by atoms with Crippen LogP contribution >= 0.6 is 35.0 Å². The minimum Gasteiger partial charge on any atom is -0.347 e. The van der Waals surface area contributed by atoms with Crippen molar-refractivity contribution in [3.8, 4) is 11.4 Å². The summed E-state index contributed by atoms with van der Waals surface area (Å²) in [6, 6.07) is 13.1. The first-order valence-electron chi connectivity index (χ1n) is 8.99. The molecule has 5 nitrogen and oxygen atoms in total. The van der Waals surface area contributed by atoms with Crippen LogP contribution < -0.4 is 0 Å². The molecule has 0 aliphatic heterocycles. The summed E-state index contributed by atoms with van der Waals surface area (Å²) in [7, 11) is 1.98. The van der Waals surface area contributed by atoms with Gasteiger partial charge in [0.2, 0.25) is 5.16 Å². The molecular weight excluding hydrogens is 427 g/mol. The minimum atomic E-state index is -0.344. The number of carbonyl (C=O) groups is 1. The van der Waals surface area contributed by atoms with Crippen molar-refractivity contribution in [1.82, 2.24) is 19.7 Å². The number of thioether (sulfide) groups is 1. The molecule has 0 saturated heterocycles. The van der Waals surface area contributed by atoms with Gasteiger partial charge >= 0.3 is 0 Å². The predicted molar refractivity (Wildman–Crippen MR) is 119 cm³/mol. The second kappa shape index (κ2) is 7.86. The van der Waals surface area contributed by atoms with Crippen LogP contribution in [0.25, 0.3) is 22.3 Å². The molecule has 0 spiro atoms. The van der Waals surface area contributed by atoms with E-state index in [-0.39, 0.29) is 11.0 Å². The molecule has 1 N–H and O–H groups in total. The minimum absolute atomic E-state index is 0.0557. The normalized spacial score (nSPS) is 12.4. The molecular formula is C21H18Cl2N4OS. The molecule has 0 fully saturated rings. The standard InChI is InChI=1S/C21H18Cl2N4OS/c1-11-18(15-6-4-5-7-17(15)27(11)3)19(28)12(2)29-21-24-20(25-26-21)14-9-8-13(22)10-16(14)23/h4-10,12H,1-3H3,(H,24,25,26). The number of aromatic amines is 1. The fourth-order valence-electron chi connectivity index (χ4n) is 3.35. The fourth-order valence-corrected chi connectivity index (χ4v) is 4.63. The molecule has 0 amide bonds. The second-order valence-electron chi connectivity index (χ2n) is 6.75. The summed E-state index contributed by atoms with van der Waals surface area (Å²) in [6.45, 7) is 3.84. The average molecular weight is 445 g/mol. The molecule has 4 aromatic rings. The number of aromatic nitrogens is 4. The number of hydrogen-bond acceptors (Lipinski definition) is 4. The van der Waals surface area contributed by atoms with Crippen molar-refractivity contribution in [2.24, 2.45) is 7.05 Å². The maximum atomic E-state index is 13.2. The van der Waals surface area contributed by atoms with Gasteiger partial charge in [0.25, 0.3) is 0 Å². The van der Waals surface area contributed by atoms with Crippen LogP contribution in [0.5, 0.6) is 0 Å². The highest BCUT2D eigenvalue weighted by atomic mass is 35.5. The van der Waals surface area contributed by atoms with Crippen molar-refractivity contribution >= 4 is 51.6 Å². The topological polar surface area (TPSA) is 63.6 Å². The Morgan fingerprint density at radius 1 is 1.21 bits per heavy atom. The van der Waals surface area contributed by atoms with Gasteiger partial charge in [0.1, 0.15) is 0 Å². The summed E-state index contributed by atoms with van der Waals surface area (Å²) < 4.78 is 2.05. The number of fused-ring (bicyclic) bond motifs is 1. The summed E-state index contributed by atoms with van der Waals surface area (Å²) in [5.74, 6) is 0.593. The number of H-pyrrole nitrogens is 1. The van der Waals surface area contributed by atoms with Crippen molar-refractivity contribution in [1.29, 1.82) is 0 Å². The molecule has 0 saturated carbocycles. The van der Waals surface area contributed by atoms with E-state index in [2.05, 4.69) is 15.2 Å². The van der Waals surface area contributed by atoms with Crippen LogP contribution in [-0.2, 0) is 7.05 Å². The summed E-state index contributed by atoms with van der Waals surface area (Å²) in [5.41, 5.74) is 3.45. The molecule has 29 heavy (non-hydrogen) atoms. The Morgan fingerprint density at radius 2 is 1.97 bits per heavy atom. The van der Waals surface area contributed by atoms with Crippen LogP contribution in [0.3, 0.4) is 0 Å². The first-order chi connectivity index (χ1) is 13.9. The largest absolute Gasteiger partial charge is 0.347 e. The fraction of sp³-hybridized carbons (Fsp3) is 0.190. The number of benzene rings is 2. The number of carbonyl (C=O) groups excluding carboxylic acids is 1. The lowest BCUT2D eigenvalue weighted by Crippen LogP contribution is -2.15. The molecule has 4 rings (SSSR count). The van der Waals surface area contributed by atoms with Gasteiger partial charge < -0.3 is 4.57 Å². The molecule has 8 heteroatoms. The van der Waals surface area contributed by atoms with Crippen molar-refractivity contribution in [3.05, 3.63) is 63.8 Å². The Hall–Kier alpha value is -2.28. The number of para-hydroxylation sites is 1. The summed E-state index contributed by atoms with van der Waals surface area (Å²) >= 11 is 13.5. The zero-order valence-corrected chi connectivity index (χ0v) is 18.4. The molecule has 0 bridgehead atoms. The number of nitrogens with zero attached hydrogens (tertiary/aromatic N) is 3. The van der Waals surface area contributed by atoms with E-state index in [9.17, 15) is 4.79 Å². The van der Waals surface area contributed by atoms with Crippen LogP contribution in [0, 0.1) is 6.92 Å². The van der Waals surface area contributed by atoms with E-state index in [4.69, 9.17) is 23.2 Å². The van der Waals surface area contributed by atoms with Crippen molar-refractivity contribution < 1.29 is 4.79 Å². The number of rotatable bonds is 5. The molecule has 2 heterocycles. The van der Waals surface area contributed by atoms with Crippen LogP contribution in [0.4, 0.5) is 0 Å². The SMILES string of the molecule is Cc1c(C(=O)C(C)Sc2n[nH]c(-c3ccc(Cl)cc3Cl)n2)c2ccccc2n1C. The third-order valence-corrected chi connectivity index (χ3v) is 6.46. The highest BCUT2D eigenvalue weighted by Gasteiger charge is 2.25. The number of hydrogen-bond donors (Lipinski definition) is 1. The highest BCUT2D eigenvalue weighted by Crippen LogP contribution is 2.32. The van der Waals surface area contributed by atoms with Gasteiger partial charge in [-0.3, -0.25) is 9.89 Å². The predicted octanol–water partition coefficient (Wildman–Crippen LogP) is 5.94. The van der Waals surface area contributed by atoms with E-state index < -0.39 is 0 Å². The van der Waals surface area contributed by atoms with E-state index in [0.717, 1.165) is 22.2 Å². The zero-order valence-electron chi connectivity index (χ0n) is 16.0. The highest BCUT2D eigenvalue weighted by molar-refractivity contribution is 8.00. The van der Waals surface area contributed by atoms with E-state index in [1.54, 1.807) is 18.2 Å². The van der Waals surface area contributed by atoms with Crippen LogP contribution in [0.2, 0.25) is 10.0 Å². The van der Waals surface area contributed by atoms with Crippen molar-refractivity contribution in [3.63, 3.8) is 0 Å². The third-order valence-electron chi connectivity index (χ3n) is 4.95. The van der Waals surface area contributed by atoms with Gasteiger partial charge in [-0.25, -0.2) is 4.98 Å². The number of nitrogens with one attached hydrogen (secondary N) is 1. The lowest BCUT2D eigenvalue weighted by molar-refractivity contribution is 0.0994. The molecule has 2 aromatic carbocycles. The molecule has 0 aliphatic carbocycles. The number of ketones is 1. The van der Waals surface area contributed by atoms with Crippen molar-refractivity contribution in [2.75, 3.05) is 0 Å². The van der Waals surface area contributed by atoms with Gasteiger partial charge in [-0.1, -0.05) is 53.2 Å². The number of halogens is 2.